The molecule has 0 aromatic heterocycles. The lowest BCUT2D eigenvalue weighted by atomic mass is 9.48. The molecule has 18 heavy (non-hydrogen) atoms. The molecule has 4 saturated carbocycles. The molecule has 0 aliphatic heterocycles. The highest BCUT2D eigenvalue weighted by molar-refractivity contribution is 5.71. The van der Waals surface area contributed by atoms with E-state index in [1.165, 1.54) is 6.42 Å². The van der Waals surface area contributed by atoms with Gasteiger partial charge in [-0.2, -0.15) is 0 Å². The van der Waals surface area contributed by atoms with Crippen LogP contribution in [0.1, 0.15) is 38.5 Å². The lowest BCUT2D eigenvalue weighted by Crippen LogP contribution is -2.57. The van der Waals surface area contributed by atoms with Crippen molar-refractivity contribution in [1.29, 1.82) is 0 Å². The minimum Gasteiger partial charge on any atom is -0.464 e. The molecular formula is C14H23NO3. The molecule has 4 heteroatoms. The van der Waals surface area contributed by atoms with Crippen LogP contribution in [0, 0.1) is 17.3 Å². The third-order valence-electron chi connectivity index (χ3n) is 5.01. The van der Waals surface area contributed by atoms with Crippen LogP contribution in [0.15, 0.2) is 0 Å². The first-order chi connectivity index (χ1) is 8.53. The van der Waals surface area contributed by atoms with E-state index in [1.807, 2.05) is 0 Å². The summed E-state index contributed by atoms with van der Waals surface area (Å²) in [5.74, 6) is 1.12. The van der Waals surface area contributed by atoms with Crippen LogP contribution < -0.4 is 5.32 Å². The summed E-state index contributed by atoms with van der Waals surface area (Å²) in [5, 5.41) is 13.4. The van der Waals surface area contributed by atoms with Gasteiger partial charge in [-0.05, 0) is 57.4 Å². The Bertz CT molecular complexity index is 341. The molecule has 0 saturated heterocycles. The van der Waals surface area contributed by atoms with E-state index in [0.29, 0.717) is 18.4 Å². The molecule has 2 N–H and O–H groups in total. The van der Waals surface area contributed by atoms with Crippen LogP contribution in [0.3, 0.4) is 0 Å². The molecule has 0 heterocycles. The lowest BCUT2D eigenvalue weighted by molar-refractivity contribution is -0.186. The predicted molar refractivity (Wildman–Crippen MR) is 67.0 cm³/mol. The van der Waals surface area contributed by atoms with Crippen molar-refractivity contribution in [2.24, 2.45) is 17.3 Å². The number of nitrogens with one attached hydrogen (secondary N) is 1. The number of carbonyl (C=O) groups excluding carboxylic acids is 1. The Hall–Kier alpha value is -0.610. The molecule has 4 fully saturated rings. The topological polar surface area (TPSA) is 58.6 Å². The highest BCUT2D eigenvalue weighted by atomic mass is 16.5. The van der Waals surface area contributed by atoms with Gasteiger partial charge in [0.2, 0.25) is 0 Å². The fourth-order valence-corrected chi connectivity index (χ4v) is 5.00. The standard InChI is InChI=1S/C14H23NO3/c1-15-7-12(16)18-9-13-3-10-2-11(4-13)6-14(17,5-10)8-13/h10-11,15,17H,2-9H2,1H3. The number of likely N-dealkylation sites (N-methyl/N-ethyl adjacent to an activating group) is 1. The summed E-state index contributed by atoms with van der Waals surface area (Å²) in [5.41, 5.74) is -0.387. The average molecular weight is 253 g/mol. The Labute approximate surface area is 108 Å². The maximum atomic E-state index is 11.5. The molecule has 0 amide bonds. The zero-order valence-corrected chi connectivity index (χ0v) is 11.1. The Morgan fingerprint density at radius 3 is 2.56 bits per heavy atom. The van der Waals surface area contributed by atoms with E-state index in [2.05, 4.69) is 5.32 Å². The van der Waals surface area contributed by atoms with E-state index in [9.17, 15) is 9.90 Å². The second kappa shape index (κ2) is 4.20. The van der Waals surface area contributed by atoms with Crippen molar-refractivity contribution in [3.8, 4) is 0 Å². The van der Waals surface area contributed by atoms with Gasteiger partial charge in [0.15, 0.2) is 0 Å². The van der Waals surface area contributed by atoms with Gasteiger partial charge in [0, 0.05) is 5.41 Å². The summed E-state index contributed by atoms with van der Waals surface area (Å²) >= 11 is 0. The molecule has 102 valence electrons. The summed E-state index contributed by atoms with van der Waals surface area (Å²) in [6.07, 6.45) is 6.32. The summed E-state index contributed by atoms with van der Waals surface area (Å²) in [4.78, 5) is 11.5. The smallest absolute Gasteiger partial charge is 0.319 e. The van der Waals surface area contributed by atoms with Gasteiger partial charge in [-0.3, -0.25) is 4.79 Å². The normalized spacial score (nSPS) is 45.2. The second-order valence-corrected chi connectivity index (χ2v) is 6.88. The molecule has 0 aromatic rings. The van der Waals surface area contributed by atoms with Crippen molar-refractivity contribution in [3.63, 3.8) is 0 Å². The molecule has 0 radical (unpaired) electrons. The number of hydrogen-bond acceptors (Lipinski definition) is 4. The van der Waals surface area contributed by atoms with Gasteiger partial charge >= 0.3 is 5.97 Å². The number of ether oxygens (including phenoxy) is 1. The maximum absolute atomic E-state index is 11.5. The second-order valence-electron chi connectivity index (χ2n) is 6.88. The monoisotopic (exact) mass is 253 g/mol. The highest BCUT2D eigenvalue weighted by Gasteiger charge is 2.57. The lowest BCUT2D eigenvalue weighted by Gasteiger charge is -2.59. The number of esters is 1. The van der Waals surface area contributed by atoms with Crippen LogP contribution in [0.25, 0.3) is 0 Å². The number of carbonyl (C=O) groups is 1. The molecule has 0 aromatic carbocycles. The summed E-state index contributed by atoms with van der Waals surface area (Å²) < 4.78 is 5.40. The summed E-state index contributed by atoms with van der Waals surface area (Å²) in [6.45, 7) is 0.774. The zero-order valence-electron chi connectivity index (χ0n) is 11.1. The van der Waals surface area contributed by atoms with Crippen LogP contribution in [-0.2, 0) is 9.53 Å². The summed E-state index contributed by atoms with van der Waals surface area (Å²) in [6, 6.07) is 0. The molecule has 4 aliphatic rings. The van der Waals surface area contributed by atoms with Crippen molar-refractivity contribution in [2.45, 2.75) is 44.1 Å². The number of aliphatic hydroxyl groups is 1. The zero-order chi connectivity index (χ0) is 12.8. The van der Waals surface area contributed by atoms with Crippen LogP contribution in [-0.4, -0.2) is 36.9 Å². The van der Waals surface area contributed by atoms with Crippen LogP contribution in [0.2, 0.25) is 0 Å². The minimum absolute atomic E-state index is 0.0717. The molecule has 2 unspecified atom stereocenters. The Morgan fingerprint density at radius 2 is 2.00 bits per heavy atom. The van der Waals surface area contributed by atoms with Gasteiger partial charge in [-0.1, -0.05) is 0 Å². The molecular weight excluding hydrogens is 230 g/mol. The molecule has 2 atom stereocenters. The van der Waals surface area contributed by atoms with E-state index in [-0.39, 0.29) is 17.9 Å². The molecule has 4 aliphatic carbocycles. The fourth-order valence-electron chi connectivity index (χ4n) is 5.00. The Kier molecular flexibility index (Phi) is 2.90. The van der Waals surface area contributed by atoms with E-state index in [1.54, 1.807) is 7.05 Å². The molecule has 0 spiro atoms. The van der Waals surface area contributed by atoms with E-state index >= 15 is 0 Å². The van der Waals surface area contributed by atoms with Gasteiger partial charge in [0.05, 0.1) is 18.8 Å². The summed E-state index contributed by atoms with van der Waals surface area (Å²) in [7, 11) is 1.74. The third-order valence-corrected chi connectivity index (χ3v) is 5.01. The van der Waals surface area contributed by atoms with E-state index in [0.717, 1.165) is 32.1 Å². The first-order valence-corrected chi connectivity index (χ1v) is 7.05. The molecule has 4 rings (SSSR count). The maximum Gasteiger partial charge on any atom is 0.319 e. The minimum atomic E-state index is -0.459. The highest BCUT2D eigenvalue weighted by Crippen LogP contribution is 2.61. The number of hydrogen-bond donors (Lipinski definition) is 2. The van der Waals surface area contributed by atoms with Gasteiger partial charge in [0.1, 0.15) is 0 Å². The Balaban J connectivity index is 1.66. The van der Waals surface area contributed by atoms with Gasteiger partial charge in [0.25, 0.3) is 0 Å². The third kappa shape index (κ3) is 2.16. The van der Waals surface area contributed by atoms with Crippen molar-refractivity contribution in [2.75, 3.05) is 20.2 Å². The Morgan fingerprint density at radius 1 is 1.33 bits per heavy atom. The van der Waals surface area contributed by atoms with Gasteiger partial charge in [-0.15, -0.1) is 0 Å². The first-order valence-electron chi connectivity index (χ1n) is 7.05. The number of rotatable bonds is 4. The SMILES string of the molecule is CNCC(=O)OCC12CC3CC(CC(O)(C3)C1)C2. The van der Waals surface area contributed by atoms with E-state index < -0.39 is 5.60 Å². The van der Waals surface area contributed by atoms with Crippen LogP contribution in [0.4, 0.5) is 0 Å². The van der Waals surface area contributed by atoms with E-state index in [4.69, 9.17) is 4.74 Å². The fraction of sp³-hybridized carbons (Fsp3) is 0.929. The van der Waals surface area contributed by atoms with Crippen molar-refractivity contribution >= 4 is 5.97 Å². The molecule has 4 nitrogen and oxygen atoms in total. The van der Waals surface area contributed by atoms with Crippen LogP contribution in [0.5, 0.6) is 0 Å². The van der Waals surface area contributed by atoms with Crippen molar-refractivity contribution < 1.29 is 14.6 Å². The largest absolute Gasteiger partial charge is 0.464 e. The van der Waals surface area contributed by atoms with Gasteiger partial charge in [-0.25, -0.2) is 0 Å². The predicted octanol–water partition coefficient (Wildman–Crippen LogP) is 1.08. The van der Waals surface area contributed by atoms with Crippen molar-refractivity contribution in [1.82, 2.24) is 5.32 Å². The van der Waals surface area contributed by atoms with Crippen molar-refractivity contribution in [3.05, 3.63) is 0 Å². The molecule has 4 bridgehead atoms. The quantitative estimate of drug-likeness (QED) is 0.736. The first kappa shape index (κ1) is 12.4. The average Bonchev–Trinajstić information content (AvgIpc) is 2.23. The van der Waals surface area contributed by atoms with Crippen LogP contribution >= 0.6 is 0 Å². The van der Waals surface area contributed by atoms with Gasteiger partial charge < -0.3 is 15.2 Å².